The first-order chi connectivity index (χ1) is 17.7. The lowest BCUT2D eigenvalue weighted by Crippen LogP contribution is -2.55. The second kappa shape index (κ2) is 14.8. The van der Waals surface area contributed by atoms with Crippen LogP contribution in [0.4, 0.5) is 0 Å². The Morgan fingerprint density at radius 2 is 2.03 bits per heavy atom. The van der Waals surface area contributed by atoms with Crippen LogP contribution in [0, 0.1) is 5.41 Å². The molecule has 0 saturated carbocycles. The number of rotatable bonds is 13. The highest BCUT2D eigenvalue weighted by atomic mass is 35.5. The number of guanidine groups is 1. The van der Waals surface area contributed by atoms with Gasteiger partial charge >= 0.3 is 0 Å². The summed E-state index contributed by atoms with van der Waals surface area (Å²) >= 11 is 0.940. The first kappa shape index (κ1) is 31.1. The molecule has 1 saturated heterocycles. The van der Waals surface area contributed by atoms with Gasteiger partial charge in [-0.05, 0) is 37.7 Å². The van der Waals surface area contributed by atoms with Crippen LogP contribution in [0.25, 0.3) is 0 Å². The molecule has 1 aromatic heterocycles. The van der Waals surface area contributed by atoms with Crippen LogP contribution in [0.15, 0.2) is 46.2 Å². The molecule has 12 nitrogen and oxygen atoms in total. The van der Waals surface area contributed by atoms with Gasteiger partial charge in [-0.1, -0.05) is 30.3 Å². The quantitative estimate of drug-likeness (QED) is 0.0966. The van der Waals surface area contributed by atoms with Crippen molar-refractivity contribution in [3.63, 3.8) is 0 Å². The number of amides is 2. The van der Waals surface area contributed by atoms with Crippen LogP contribution in [-0.2, 0) is 30.8 Å². The summed E-state index contributed by atoms with van der Waals surface area (Å²) in [5.41, 5.74) is 5.99. The number of hydrogen-bond donors (Lipinski definition) is 5. The monoisotopic (exact) mass is 585 g/mol. The maximum Gasteiger partial charge on any atom is 0.268 e. The van der Waals surface area contributed by atoms with Gasteiger partial charge in [-0.15, -0.1) is 23.7 Å². The van der Waals surface area contributed by atoms with Gasteiger partial charge in [0.1, 0.15) is 18.4 Å². The van der Waals surface area contributed by atoms with E-state index in [1.54, 1.807) is 24.3 Å². The molecule has 38 heavy (non-hydrogen) atoms. The molecule has 208 valence electrons. The minimum Gasteiger partial charge on any atom is -0.370 e. The number of sulfonamides is 1. The van der Waals surface area contributed by atoms with Crippen LogP contribution in [-0.4, -0.2) is 73.6 Å². The molecular formula is C23H32ClN7O5S2. The highest BCUT2D eigenvalue weighted by Crippen LogP contribution is 2.21. The Morgan fingerprint density at radius 3 is 2.66 bits per heavy atom. The fourth-order valence-electron chi connectivity index (χ4n) is 4.11. The molecule has 3 rings (SSSR count). The third-order valence-corrected chi connectivity index (χ3v) is 8.53. The maximum absolute atomic E-state index is 13.6. The number of carbonyl (C=O) groups is 3. The average Bonchev–Trinajstić information content (AvgIpc) is 3.58. The summed E-state index contributed by atoms with van der Waals surface area (Å²) < 4.78 is 28.1. The number of likely N-dealkylation sites (tertiary alicyclic amines) is 1. The Morgan fingerprint density at radius 1 is 1.29 bits per heavy atom. The number of nitrogens with zero attached hydrogens (tertiary/aromatic N) is 2. The van der Waals surface area contributed by atoms with E-state index in [1.807, 2.05) is 6.07 Å². The summed E-state index contributed by atoms with van der Waals surface area (Å²) in [6, 6.07) is 6.26. The third kappa shape index (κ3) is 8.75. The predicted molar refractivity (Wildman–Crippen MR) is 145 cm³/mol. The van der Waals surface area contributed by atoms with Crippen molar-refractivity contribution in [2.24, 2.45) is 5.73 Å². The van der Waals surface area contributed by atoms with Crippen molar-refractivity contribution in [3.05, 3.63) is 47.5 Å². The van der Waals surface area contributed by atoms with Crippen LogP contribution >= 0.6 is 23.7 Å². The summed E-state index contributed by atoms with van der Waals surface area (Å²) in [4.78, 5) is 43.4. The van der Waals surface area contributed by atoms with Crippen LogP contribution in [0.3, 0.4) is 0 Å². The Balaban J connectivity index is 0.00000507. The van der Waals surface area contributed by atoms with Crippen molar-refractivity contribution in [2.45, 2.75) is 54.6 Å². The number of halogens is 1. The summed E-state index contributed by atoms with van der Waals surface area (Å²) in [6.07, 6.45) is 3.88. The highest BCUT2D eigenvalue weighted by molar-refractivity contribution is 7.91. The van der Waals surface area contributed by atoms with Gasteiger partial charge in [0.25, 0.3) is 10.0 Å². The topological polar surface area (TPSA) is 187 Å². The first-order valence-electron chi connectivity index (χ1n) is 11.8. The van der Waals surface area contributed by atoms with Gasteiger partial charge in [0.2, 0.25) is 16.2 Å². The zero-order chi connectivity index (χ0) is 26.8. The molecule has 15 heteroatoms. The van der Waals surface area contributed by atoms with Gasteiger partial charge in [-0.25, -0.2) is 13.4 Å². The van der Waals surface area contributed by atoms with Gasteiger partial charge in [-0.3, -0.25) is 15.0 Å². The minimum atomic E-state index is -4.06. The number of thiazole rings is 1. The first-order valence-corrected chi connectivity index (χ1v) is 14.2. The van der Waals surface area contributed by atoms with E-state index >= 15 is 0 Å². The van der Waals surface area contributed by atoms with Crippen LogP contribution in [0.1, 0.15) is 31.2 Å². The average molecular weight is 586 g/mol. The molecule has 0 radical (unpaired) electrons. The van der Waals surface area contributed by atoms with Crippen molar-refractivity contribution >= 4 is 57.8 Å². The van der Waals surface area contributed by atoms with E-state index in [0.29, 0.717) is 38.5 Å². The van der Waals surface area contributed by atoms with E-state index in [2.05, 4.69) is 20.3 Å². The Labute approximate surface area is 231 Å². The van der Waals surface area contributed by atoms with Crippen molar-refractivity contribution in [3.8, 4) is 0 Å². The second-order valence-corrected chi connectivity index (χ2v) is 11.4. The zero-order valence-corrected chi connectivity index (χ0v) is 23.0. The third-order valence-electron chi connectivity index (χ3n) is 5.86. The van der Waals surface area contributed by atoms with E-state index in [0.717, 1.165) is 16.9 Å². The number of hydrogen-bond acceptors (Lipinski definition) is 8. The number of carbonyl (C=O) groups excluding carboxylic acids is 3. The van der Waals surface area contributed by atoms with Crippen molar-refractivity contribution < 1.29 is 22.8 Å². The Hall–Kier alpha value is -3.07. The molecule has 2 amide bonds. The number of aromatic nitrogens is 1. The molecule has 1 aliphatic heterocycles. The van der Waals surface area contributed by atoms with Crippen molar-refractivity contribution in [2.75, 3.05) is 13.1 Å². The van der Waals surface area contributed by atoms with Crippen LogP contribution in [0.2, 0.25) is 0 Å². The summed E-state index contributed by atoms with van der Waals surface area (Å²) in [6.45, 7) is 0.666. The van der Waals surface area contributed by atoms with Crippen molar-refractivity contribution in [1.29, 1.82) is 5.41 Å². The molecule has 0 aliphatic carbocycles. The smallest absolute Gasteiger partial charge is 0.268 e. The summed E-state index contributed by atoms with van der Waals surface area (Å²) in [5, 5.41) is 14.0. The summed E-state index contributed by atoms with van der Waals surface area (Å²) in [7, 11) is -4.06. The Bertz CT molecular complexity index is 1180. The normalized spacial score (nSPS) is 16.6. The SMILES string of the molecule is Cl.N=C(N)NCCC[C@@H](C=O)NC(=O)[C@@H]1CCCN1C(=O)[C@@H](Cc1ccccc1)NS(=O)(=O)c1nccs1. The molecular weight excluding hydrogens is 554 g/mol. The lowest BCUT2D eigenvalue weighted by Gasteiger charge is -2.29. The van der Waals surface area contributed by atoms with Gasteiger partial charge in [0.15, 0.2) is 5.96 Å². The van der Waals surface area contributed by atoms with Gasteiger partial charge in [0, 0.05) is 24.7 Å². The number of benzene rings is 1. The second-order valence-electron chi connectivity index (χ2n) is 8.59. The van der Waals surface area contributed by atoms with E-state index in [-0.39, 0.29) is 35.7 Å². The largest absolute Gasteiger partial charge is 0.370 e. The van der Waals surface area contributed by atoms with Gasteiger partial charge < -0.3 is 26.1 Å². The van der Waals surface area contributed by atoms with E-state index in [4.69, 9.17) is 11.1 Å². The fourth-order valence-corrected chi connectivity index (χ4v) is 6.15. The molecule has 2 aromatic rings. The molecule has 0 bridgehead atoms. The van der Waals surface area contributed by atoms with Crippen LogP contribution in [0.5, 0.6) is 0 Å². The molecule has 1 aromatic carbocycles. The fraction of sp³-hybridized carbons (Fsp3) is 0.435. The lowest BCUT2D eigenvalue weighted by atomic mass is 10.0. The van der Waals surface area contributed by atoms with Crippen molar-refractivity contribution in [1.82, 2.24) is 25.2 Å². The van der Waals surface area contributed by atoms with Gasteiger partial charge in [0.05, 0.1) is 6.04 Å². The maximum atomic E-state index is 13.6. The number of nitrogens with one attached hydrogen (secondary N) is 4. The van der Waals surface area contributed by atoms with Gasteiger partial charge in [-0.2, -0.15) is 4.72 Å². The van der Waals surface area contributed by atoms with E-state index in [1.165, 1.54) is 16.5 Å². The number of nitrogens with two attached hydrogens (primary N) is 1. The molecule has 0 spiro atoms. The highest BCUT2D eigenvalue weighted by Gasteiger charge is 2.39. The number of aldehydes is 1. The molecule has 1 aliphatic rings. The molecule has 1 fully saturated rings. The summed E-state index contributed by atoms with van der Waals surface area (Å²) in [5.74, 6) is -1.17. The van der Waals surface area contributed by atoms with E-state index in [9.17, 15) is 22.8 Å². The van der Waals surface area contributed by atoms with Crippen LogP contribution < -0.4 is 21.1 Å². The predicted octanol–water partition coefficient (Wildman–Crippen LogP) is 0.392. The lowest BCUT2D eigenvalue weighted by molar-refractivity contribution is -0.140. The molecule has 0 unspecified atom stereocenters. The molecule has 6 N–H and O–H groups in total. The molecule has 2 heterocycles. The Kier molecular flexibility index (Phi) is 12.1. The van der Waals surface area contributed by atoms with E-state index < -0.39 is 40.0 Å². The zero-order valence-electron chi connectivity index (χ0n) is 20.5. The standard InChI is InChI=1S/C23H31N7O5S2.ClH/c24-22(25)26-10-4-8-17(15-31)28-20(32)19-9-5-12-30(19)21(33)18(14-16-6-2-1-3-7-16)29-37(34,35)23-27-11-13-36-23;/h1-3,6-7,11,13,15,17-19,29H,4-5,8-10,12,14H2,(H,28,32)(H4,24,25,26);1H/t17-,18+,19-;/m0./s1. The molecule has 3 atom stereocenters. The minimum absolute atomic E-state index is 0.